The monoisotopic (exact) mass is 512 g/mol. The molecule has 2 saturated heterocycles. The average Bonchev–Trinajstić information content (AvgIpc) is 3.07. The predicted octanol–water partition coefficient (Wildman–Crippen LogP) is 5.55. The van der Waals surface area contributed by atoms with Crippen LogP contribution in [0.2, 0.25) is 0 Å². The number of urea groups is 1. The first-order chi connectivity index (χ1) is 18.5. The predicted molar refractivity (Wildman–Crippen MR) is 148 cm³/mol. The molecule has 3 aromatic rings. The number of amides is 2. The summed E-state index contributed by atoms with van der Waals surface area (Å²) in [7, 11) is 5.36. The van der Waals surface area contributed by atoms with E-state index in [1.165, 1.54) is 16.5 Å². The summed E-state index contributed by atoms with van der Waals surface area (Å²) in [5.74, 6) is 1.75. The van der Waals surface area contributed by atoms with Crippen LogP contribution in [0.4, 0.5) is 4.79 Å². The van der Waals surface area contributed by atoms with Crippen molar-refractivity contribution in [2.75, 3.05) is 34.4 Å². The largest absolute Gasteiger partial charge is 0.497 e. The van der Waals surface area contributed by atoms with Crippen molar-refractivity contribution >= 4 is 16.9 Å². The number of nitrogens with zero attached hydrogens (tertiary/aromatic N) is 4. The SMILES string of the molecule is CCC1C=C2N(Cc3cc(OC)cc(OC)c31)C(=O)N(C)C21CCN(Cc2cccc3cccnc23)CC1. The minimum Gasteiger partial charge on any atom is -0.497 e. The minimum absolute atomic E-state index is 0.0763. The van der Waals surface area contributed by atoms with Gasteiger partial charge in [0.15, 0.2) is 0 Å². The van der Waals surface area contributed by atoms with Crippen molar-refractivity contribution in [1.29, 1.82) is 0 Å². The standard InChI is InChI=1S/C31H36N4O3/c1-5-21-17-27-31(11-14-34(15-12-31)19-23-9-6-8-22-10-7-13-32-29(22)23)33(2)30(36)35(27)20-24-16-25(37-3)18-26(38-4)28(21)24/h6-10,13,16-18,21H,5,11-12,14-15,19-20H2,1-4H3. The number of carbonyl (C=O) groups is 1. The van der Waals surface area contributed by atoms with Crippen LogP contribution in [0.25, 0.3) is 10.9 Å². The molecule has 1 aromatic heterocycles. The number of rotatable bonds is 5. The third-order valence-corrected chi connectivity index (χ3v) is 8.88. The Labute approximate surface area is 224 Å². The van der Waals surface area contributed by atoms with Gasteiger partial charge in [-0.1, -0.05) is 37.3 Å². The summed E-state index contributed by atoms with van der Waals surface area (Å²) in [5.41, 5.74) is 5.46. The molecule has 3 aliphatic heterocycles. The van der Waals surface area contributed by atoms with E-state index in [2.05, 4.69) is 53.2 Å². The summed E-state index contributed by atoms with van der Waals surface area (Å²) < 4.78 is 11.4. The van der Waals surface area contributed by atoms with Gasteiger partial charge in [-0.2, -0.15) is 0 Å². The van der Waals surface area contributed by atoms with Gasteiger partial charge in [-0.05, 0) is 42.5 Å². The zero-order valence-electron chi connectivity index (χ0n) is 22.7. The van der Waals surface area contributed by atoms with E-state index in [4.69, 9.17) is 9.47 Å². The van der Waals surface area contributed by atoms with Crippen LogP contribution in [0.3, 0.4) is 0 Å². The number of carbonyl (C=O) groups excluding carboxylic acids is 1. The van der Waals surface area contributed by atoms with Gasteiger partial charge in [0.2, 0.25) is 0 Å². The van der Waals surface area contributed by atoms with Crippen molar-refractivity contribution in [1.82, 2.24) is 19.7 Å². The number of hydrogen-bond donors (Lipinski definition) is 0. The second-order valence-corrected chi connectivity index (χ2v) is 10.7. The summed E-state index contributed by atoms with van der Waals surface area (Å²) in [6.45, 7) is 5.45. The second-order valence-electron chi connectivity index (χ2n) is 10.7. The van der Waals surface area contributed by atoms with Gasteiger partial charge in [0.1, 0.15) is 11.5 Å². The Hall–Kier alpha value is -3.58. The van der Waals surface area contributed by atoms with Crippen LogP contribution in [0.15, 0.2) is 60.4 Å². The van der Waals surface area contributed by atoms with Gasteiger partial charge >= 0.3 is 6.03 Å². The molecule has 7 heteroatoms. The molecule has 1 unspecified atom stereocenters. The Bertz CT molecular complexity index is 1400. The normalized spacial score (nSPS) is 20.8. The molecular weight excluding hydrogens is 476 g/mol. The van der Waals surface area contributed by atoms with Crippen molar-refractivity contribution in [2.45, 2.75) is 50.7 Å². The van der Waals surface area contributed by atoms with Gasteiger partial charge in [-0.25, -0.2) is 4.79 Å². The average molecular weight is 513 g/mol. The molecule has 0 bridgehead atoms. The summed E-state index contributed by atoms with van der Waals surface area (Å²) >= 11 is 0. The second kappa shape index (κ2) is 9.62. The summed E-state index contributed by atoms with van der Waals surface area (Å²) in [6.07, 6.45) is 6.97. The molecule has 198 valence electrons. The highest BCUT2D eigenvalue weighted by atomic mass is 16.5. The molecule has 2 aromatic carbocycles. The molecule has 38 heavy (non-hydrogen) atoms. The lowest BCUT2D eigenvalue weighted by Gasteiger charge is -2.43. The molecule has 1 atom stereocenters. The first-order valence-electron chi connectivity index (χ1n) is 13.6. The van der Waals surface area contributed by atoms with Gasteiger partial charge in [-0.15, -0.1) is 0 Å². The van der Waals surface area contributed by atoms with Crippen molar-refractivity contribution in [3.8, 4) is 11.5 Å². The Balaban J connectivity index is 1.31. The Kier molecular flexibility index (Phi) is 6.26. The fraction of sp³-hybridized carbons (Fsp3) is 0.419. The maximum Gasteiger partial charge on any atom is 0.325 e. The van der Waals surface area contributed by atoms with Gasteiger partial charge < -0.3 is 14.4 Å². The van der Waals surface area contributed by atoms with Crippen LogP contribution >= 0.6 is 0 Å². The van der Waals surface area contributed by atoms with Crippen LogP contribution in [-0.4, -0.2) is 65.6 Å². The lowest BCUT2D eigenvalue weighted by Crippen LogP contribution is -2.52. The highest BCUT2D eigenvalue weighted by molar-refractivity contribution is 5.83. The van der Waals surface area contributed by atoms with E-state index in [0.29, 0.717) is 6.54 Å². The van der Waals surface area contributed by atoms with E-state index >= 15 is 0 Å². The Morgan fingerprint density at radius 1 is 1.08 bits per heavy atom. The highest BCUT2D eigenvalue weighted by Crippen LogP contribution is 2.49. The molecular formula is C31H36N4O3. The quantitative estimate of drug-likeness (QED) is 0.449. The third kappa shape index (κ3) is 3.83. The third-order valence-electron chi connectivity index (χ3n) is 8.88. The van der Waals surface area contributed by atoms with Gasteiger partial charge in [0, 0.05) is 61.5 Å². The number of likely N-dealkylation sites (tertiary alicyclic amines) is 1. The van der Waals surface area contributed by atoms with Gasteiger partial charge in [0.05, 0.1) is 31.8 Å². The zero-order valence-corrected chi connectivity index (χ0v) is 22.7. The van der Waals surface area contributed by atoms with Crippen molar-refractivity contribution in [3.05, 3.63) is 77.1 Å². The molecule has 0 N–H and O–H groups in total. The smallest absolute Gasteiger partial charge is 0.325 e. The number of hydrogen-bond acceptors (Lipinski definition) is 5. The molecule has 0 saturated carbocycles. The summed E-state index contributed by atoms with van der Waals surface area (Å²) in [4.78, 5) is 24.9. The molecule has 6 rings (SSSR count). The number of piperidine rings is 1. The molecule has 4 heterocycles. The van der Waals surface area contributed by atoms with Crippen LogP contribution < -0.4 is 9.47 Å². The highest BCUT2D eigenvalue weighted by Gasteiger charge is 2.54. The topological polar surface area (TPSA) is 58.1 Å². The number of benzene rings is 2. The molecule has 1 spiro atoms. The van der Waals surface area contributed by atoms with Gasteiger partial charge in [0.25, 0.3) is 0 Å². The molecule has 7 nitrogen and oxygen atoms in total. The molecule has 2 amide bonds. The number of aromatic nitrogens is 1. The van der Waals surface area contributed by atoms with E-state index in [9.17, 15) is 4.79 Å². The number of para-hydroxylation sites is 1. The number of fused-ring (bicyclic) bond motifs is 4. The van der Waals surface area contributed by atoms with Crippen LogP contribution in [0.1, 0.15) is 48.8 Å². The lowest BCUT2D eigenvalue weighted by molar-refractivity contribution is 0.100. The number of allylic oxidation sites excluding steroid dienone is 1. The van der Waals surface area contributed by atoms with Crippen LogP contribution in [-0.2, 0) is 13.1 Å². The van der Waals surface area contributed by atoms with Crippen LogP contribution in [0.5, 0.6) is 11.5 Å². The Morgan fingerprint density at radius 2 is 1.87 bits per heavy atom. The number of ether oxygens (including phenoxy) is 2. The molecule has 0 radical (unpaired) electrons. The van der Waals surface area contributed by atoms with Crippen LogP contribution in [0, 0.1) is 0 Å². The van der Waals surface area contributed by atoms with E-state index in [0.717, 1.165) is 67.2 Å². The number of pyridine rings is 1. The zero-order chi connectivity index (χ0) is 26.4. The lowest BCUT2D eigenvalue weighted by atomic mass is 9.81. The molecule has 0 aliphatic carbocycles. The summed E-state index contributed by atoms with van der Waals surface area (Å²) in [6, 6.07) is 14.6. The molecule has 3 aliphatic rings. The fourth-order valence-corrected chi connectivity index (χ4v) is 6.76. The maximum absolute atomic E-state index is 13.7. The van der Waals surface area contributed by atoms with Crippen molar-refractivity contribution in [3.63, 3.8) is 0 Å². The minimum atomic E-state index is -0.294. The van der Waals surface area contributed by atoms with E-state index in [1.807, 2.05) is 35.2 Å². The van der Waals surface area contributed by atoms with Crippen molar-refractivity contribution in [2.24, 2.45) is 0 Å². The number of methoxy groups -OCH3 is 2. The first kappa shape index (κ1) is 24.7. The Morgan fingerprint density at radius 3 is 2.61 bits per heavy atom. The first-order valence-corrected chi connectivity index (χ1v) is 13.6. The summed E-state index contributed by atoms with van der Waals surface area (Å²) in [5, 5.41) is 1.18. The van der Waals surface area contributed by atoms with Crippen molar-refractivity contribution < 1.29 is 14.3 Å². The number of likely N-dealkylation sites (N-methyl/N-ethyl adjacent to an activating group) is 1. The fourth-order valence-electron chi connectivity index (χ4n) is 6.76. The van der Waals surface area contributed by atoms with E-state index < -0.39 is 0 Å². The molecule has 2 fully saturated rings. The maximum atomic E-state index is 13.7. The van der Waals surface area contributed by atoms with Gasteiger partial charge in [-0.3, -0.25) is 14.8 Å². The van der Waals surface area contributed by atoms with E-state index in [1.54, 1.807) is 14.2 Å². The van der Waals surface area contributed by atoms with E-state index in [-0.39, 0.29) is 17.5 Å².